The monoisotopic (exact) mass is 266 g/mol. The van der Waals surface area contributed by atoms with Crippen LogP contribution in [0.2, 0.25) is 0 Å². The number of carbonyl (C=O) groups excluding carboxylic acids is 1. The maximum absolute atomic E-state index is 11.7. The minimum atomic E-state index is -1.09. The molecule has 0 spiro atoms. The van der Waals surface area contributed by atoms with Crippen LogP contribution in [0, 0.1) is 0 Å². The number of urea groups is 1. The van der Waals surface area contributed by atoms with Crippen LogP contribution in [0.15, 0.2) is 30.3 Å². The van der Waals surface area contributed by atoms with Crippen molar-refractivity contribution in [2.24, 2.45) is 0 Å². The molecule has 0 aliphatic rings. The maximum atomic E-state index is 11.7. The van der Waals surface area contributed by atoms with E-state index in [4.69, 9.17) is 10.2 Å². The fourth-order valence-electron chi connectivity index (χ4n) is 1.56. The highest BCUT2D eigenvalue weighted by molar-refractivity contribution is 5.82. The zero-order chi connectivity index (χ0) is 14.3. The van der Waals surface area contributed by atoms with Gasteiger partial charge in [-0.25, -0.2) is 9.59 Å². The number of hydrogen-bond donors (Lipinski definition) is 3. The van der Waals surface area contributed by atoms with Crippen LogP contribution in [0.5, 0.6) is 0 Å². The van der Waals surface area contributed by atoms with E-state index in [9.17, 15) is 9.59 Å². The summed E-state index contributed by atoms with van der Waals surface area (Å²) in [4.78, 5) is 24.1. The van der Waals surface area contributed by atoms with Crippen molar-refractivity contribution in [1.82, 2.24) is 10.2 Å². The molecule has 2 amide bonds. The molecular weight excluding hydrogens is 248 g/mol. The summed E-state index contributed by atoms with van der Waals surface area (Å²) < 4.78 is 0. The van der Waals surface area contributed by atoms with Crippen molar-refractivity contribution in [3.05, 3.63) is 35.9 Å². The van der Waals surface area contributed by atoms with Gasteiger partial charge in [0.05, 0.1) is 6.61 Å². The van der Waals surface area contributed by atoms with Crippen LogP contribution in [0.4, 0.5) is 4.79 Å². The Hall–Kier alpha value is -2.08. The smallest absolute Gasteiger partial charge is 0.326 e. The van der Waals surface area contributed by atoms with E-state index in [1.807, 2.05) is 18.2 Å². The summed E-state index contributed by atoms with van der Waals surface area (Å²) in [6, 6.07) is 7.57. The topological polar surface area (TPSA) is 89.9 Å². The Balaban J connectivity index is 2.64. The molecule has 0 aliphatic heterocycles. The zero-order valence-corrected chi connectivity index (χ0v) is 10.7. The Morgan fingerprint density at radius 2 is 1.95 bits per heavy atom. The molecule has 1 rings (SSSR count). The Morgan fingerprint density at radius 3 is 2.47 bits per heavy atom. The van der Waals surface area contributed by atoms with Crippen molar-refractivity contribution in [2.75, 3.05) is 20.2 Å². The molecule has 1 aromatic carbocycles. The summed E-state index contributed by atoms with van der Waals surface area (Å²) >= 11 is 0. The van der Waals surface area contributed by atoms with Gasteiger partial charge in [-0.2, -0.15) is 0 Å². The number of hydrogen-bond acceptors (Lipinski definition) is 3. The Morgan fingerprint density at radius 1 is 1.32 bits per heavy atom. The van der Waals surface area contributed by atoms with Crippen molar-refractivity contribution >= 4 is 12.0 Å². The average molecular weight is 266 g/mol. The number of likely N-dealkylation sites (N-methyl/N-ethyl adjacent to an activating group) is 1. The van der Waals surface area contributed by atoms with E-state index in [1.165, 1.54) is 11.9 Å². The van der Waals surface area contributed by atoms with Crippen LogP contribution in [-0.2, 0) is 11.2 Å². The van der Waals surface area contributed by atoms with Gasteiger partial charge in [0.25, 0.3) is 0 Å². The number of nitrogens with zero attached hydrogens (tertiary/aromatic N) is 1. The van der Waals surface area contributed by atoms with Crippen LogP contribution >= 0.6 is 0 Å². The van der Waals surface area contributed by atoms with Gasteiger partial charge < -0.3 is 20.4 Å². The van der Waals surface area contributed by atoms with Crippen LogP contribution in [0.25, 0.3) is 0 Å². The number of aliphatic hydroxyl groups is 1. The number of nitrogens with one attached hydrogen (secondary N) is 1. The first-order valence-electron chi connectivity index (χ1n) is 5.93. The van der Waals surface area contributed by atoms with Crippen LogP contribution in [0.3, 0.4) is 0 Å². The third kappa shape index (κ3) is 4.97. The molecule has 3 N–H and O–H groups in total. The molecular formula is C13H18N2O4. The first kappa shape index (κ1) is 15.0. The summed E-state index contributed by atoms with van der Waals surface area (Å²) in [7, 11) is 1.49. The predicted octanol–water partition coefficient (Wildman–Crippen LogP) is 0.316. The quantitative estimate of drug-likeness (QED) is 0.691. The first-order chi connectivity index (χ1) is 9.04. The number of amides is 2. The predicted molar refractivity (Wildman–Crippen MR) is 69.8 cm³/mol. The second-order valence-electron chi connectivity index (χ2n) is 4.18. The molecule has 1 atom stereocenters. The molecule has 0 heterocycles. The van der Waals surface area contributed by atoms with Crippen LogP contribution in [-0.4, -0.2) is 53.4 Å². The van der Waals surface area contributed by atoms with E-state index < -0.39 is 18.0 Å². The molecule has 6 heteroatoms. The lowest BCUT2D eigenvalue weighted by Crippen LogP contribution is -2.48. The number of carbonyl (C=O) groups is 2. The molecule has 6 nitrogen and oxygen atoms in total. The minimum Gasteiger partial charge on any atom is -0.480 e. The van der Waals surface area contributed by atoms with Gasteiger partial charge in [-0.05, 0) is 5.56 Å². The van der Waals surface area contributed by atoms with E-state index in [1.54, 1.807) is 12.1 Å². The highest BCUT2D eigenvalue weighted by Crippen LogP contribution is 2.04. The van der Waals surface area contributed by atoms with Gasteiger partial charge in [0.15, 0.2) is 0 Å². The third-order valence-corrected chi connectivity index (χ3v) is 2.66. The second-order valence-corrected chi connectivity index (χ2v) is 4.18. The number of aliphatic carboxylic acids is 1. The van der Waals surface area contributed by atoms with Gasteiger partial charge in [0.1, 0.15) is 6.04 Å². The number of rotatable bonds is 6. The Bertz CT molecular complexity index is 422. The molecule has 104 valence electrons. The lowest BCUT2D eigenvalue weighted by molar-refractivity contribution is -0.139. The fourth-order valence-corrected chi connectivity index (χ4v) is 1.56. The van der Waals surface area contributed by atoms with Crippen molar-refractivity contribution in [2.45, 2.75) is 12.5 Å². The van der Waals surface area contributed by atoms with E-state index >= 15 is 0 Å². The van der Waals surface area contributed by atoms with Gasteiger partial charge in [-0.3, -0.25) is 0 Å². The molecule has 0 aromatic heterocycles. The van der Waals surface area contributed by atoms with Crippen LogP contribution < -0.4 is 5.32 Å². The van der Waals surface area contributed by atoms with Gasteiger partial charge in [0, 0.05) is 20.0 Å². The van der Waals surface area contributed by atoms with E-state index in [2.05, 4.69) is 5.32 Å². The van der Waals surface area contributed by atoms with Gasteiger partial charge in [-0.1, -0.05) is 30.3 Å². The number of carboxylic acids is 1. The minimum absolute atomic E-state index is 0.156. The highest BCUT2D eigenvalue weighted by Gasteiger charge is 2.21. The molecule has 19 heavy (non-hydrogen) atoms. The van der Waals surface area contributed by atoms with Gasteiger partial charge >= 0.3 is 12.0 Å². The standard InChI is InChI=1S/C13H18N2O4/c1-15(7-8-16)13(19)14-11(12(17)18)9-10-5-3-2-4-6-10/h2-6,11,16H,7-9H2,1H3,(H,14,19)(H,17,18)/t11-/m1/s1. The molecule has 0 saturated heterocycles. The van der Waals surface area contributed by atoms with E-state index in [0.29, 0.717) is 0 Å². The summed E-state index contributed by atoms with van der Waals surface area (Å²) in [6.45, 7) is -0.0101. The largest absolute Gasteiger partial charge is 0.480 e. The van der Waals surface area contributed by atoms with Gasteiger partial charge in [-0.15, -0.1) is 0 Å². The SMILES string of the molecule is CN(CCO)C(=O)N[C@H](Cc1ccccc1)C(=O)O. The second kappa shape index (κ2) is 7.38. The normalized spacial score (nSPS) is 11.7. The molecule has 0 unspecified atom stereocenters. The Labute approximate surface area is 111 Å². The molecule has 1 aromatic rings. The van der Waals surface area contributed by atoms with Gasteiger partial charge in [0.2, 0.25) is 0 Å². The van der Waals surface area contributed by atoms with Crippen molar-refractivity contribution in [1.29, 1.82) is 0 Å². The van der Waals surface area contributed by atoms with Crippen LogP contribution in [0.1, 0.15) is 5.56 Å². The number of aliphatic hydroxyl groups excluding tert-OH is 1. The molecule has 0 bridgehead atoms. The summed E-state index contributed by atoms with van der Waals surface area (Å²) in [5, 5.41) is 20.3. The lowest BCUT2D eigenvalue weighted by atomic mass is 10.1. The molecule has 0 aliphatic carbocycles. The summed E-state index contributed by atoms with van der Waals surface area (Å²) in [5.74, 6) is -1.09. The molecule has 0 saturated carbocycles. The molecule has 0 radical (unpaired) electrons. The highest BCUT2D eigenvalue weighted by atomic mass is 16.4. The average Bonchev–Trinajstić information content (AvgIpc) is 2.39. The van der Waals surface area contributed by atoms with Crippen molar-refractivity contribution in [3.8, 4) is 0 Å². The lowest BCUT2D eigenvalue weighted by Gasteiger charge is -2.20. The summed E-state index contributed by atoms with van der Waals surface area (Å²) in [5.41, 5.74) is 0.833. The Kier molecular flexibility index (Phi) is 5.81. The molecule has 0 fully saturated rings. The van der Waals surface area contributed by atoms with Crippen molar-refractivity contribution < 1.29 is 19.8 Å². The third-order valence-electron chi connectivity index (χ3n) is 2.66. The number of carboxylic acid groups (broad SMARTS) is 1. The number of benzene rings is 1. The summed E-state index contributed by atoms with van der Waals surface area (Å²) in [6.07, 6.45) is 0.217. The maximum Gasteiger partial charge on any atom is 0.326 e. The first-order valence-corrected chi connectivity index (χ1v) is 5.93. The van der Waals surface area contributed by atoms with E-state index in [0.717, 1.165) is 5.56 Å². The van der Waals surface area contributed by atoms with E-state index in [-0.39, 0.29) is 19.6 Å². The zero-order valence-electron chi connectivity index (χ0n) is 10.7. The van der Waals surface area contributed by atoms with Crippen molar-refractivity contribution in [3.63, 3.8) is 0 Å². The fraction of sp³-hybridized carbons (Fsp3) is 0.385.